The molecule has 1 aliphatic carbocycles. The average molecular weight is 220 g/mol. The molecule has 0 amide bonds. The molecular weight excluding hydrogens is 196 g/mol. The van der Waals surface area contributed by atoms with Crippen LogP contribution in [0.15, 0.2) is 0 Å². The molecule has 2 fully saturated rings. The molecule has 90 valence electrons. The molecule has 0 aromatic heterocycles. The predicted octanol–water partition coefficient (Wildman–Crippen LogP) is 1.86. The van der Waals surface area contributed by atoms with Gasteiger partial charge in [0.1, 0.15) is 0 Å². The molecule has 0 aromatic rings. The van der Waals surface area contributed by atoms with Gasteiger partial charge in [0.25, 0.3) is 0 Å². The highest BCUT2D eigenvalue weighted by molar-refractivity contribution is 4.97. The van der Waals surface area contributed by atoms with Crippen LogP contribution < -0.4 is 5.32 Å². The van der Waals surface area contributed by atoms with Crippen molar-refractivity contribution in [3.63, 3.8) is 0 Å². The van der Waals surface area contributed by atoms with Crippen molar-refractivity contribution < 1.29 is 0 Å². The molecule has 16 heavy (non-hydrogen) atoms. The molecule has 2 heteroatoms. The number of nitrogens with zero attached hydrogens (tertiary/aromatic N) is 1. The standard InChI is InChI=1S/C14H24N2/c1-2-3-4-11-16(14-5-6-14)12-13-7-9-15-10-8-13/h13-15H,4-12H2,1H3. The Hall–Kier alpha value is -0.520. The molecule has 2 aliphatic rings. The molecule has 2 rings (SSSR count). The fourth-order valence-corrected chi connectivity index (χ4v) is 2.58. The SMILES string of the molecule is CC#CCCN(CC1CCNCC1)C1CC1. The van der Waals surface area contributed by atoms with Crippen LogP contribution in [0, 0.1) is 17.8 Å². The van der Waals surface area contributed by atoms with Crippen molar-refractivity contribution in [1.29, 1.82) is 0 Å². The topological polar surface area (TPSA) is 15.3 Å². The fourth-order valence-electron chi connectivity index (χ4n) is 2.58. The summed E-state index contributed by atoms with van der Waals surface area (Å²) >= 11 is 0. The zero-order valence-electron chi connectivity index (χ0n) is 10.5. The summed E-state index contributed by atoms with van der Waals surface area (Å²) in [7, 11) is 0. The normalized spacial score (nSPS) is 21.9. The zero-order valence-corrected chi connectivity index (χ0v) is 10.5. The van der Waals surface area contributed by atoms with Crippen molar-refractivity contribution in [3.05, 3.63) is 0 Å². The third kappa shape index (κ3) is 3.81. The van der Waals surface area contributed by atoms with Gasteiger partial charge in [0, 0.05) is 25.6 Å². The Labute approximate surface area is 99.8 Å². The summed E-state index contributed by atoms with van der Waals surface area (Å²) in [6.45, 7) is 6.89. The highest BCUT2D eigenvalue weighted by Crippen LogP contribution is 2.28. The van der Waals surface area contributed by atoms with E-state index >= 15 is 0 Å². The molecule has 0 aromatic carbocycles. The predicted molar refractivity (Wildman–Crippen MR) is 68.3 cm³/mol. The van der Waals surface area contributed by atoms with Gasteiger partial charge in [-0.3, -0.25) is 4.90 Å². The van der Waals surface area contributed by atoms with Gasteiger partial charge in [-0.25, -0.2) is 0 Å². The Kier molecular flexibility index (Phi) is 4.69. The van der Waals surface area contributed by atoms with Crippen molar-refractivity contribution >= 4 is 0 Å². The summed E-state index contributed by atoms with van der Waals surface area (Å²) < 4.78 is 0. The molecule has 0 radical (unpaired) electrons. The second kappa shape index (κ2) is 6.27. The summed E-state index contributed by atoms with van der Waals surface area (Å²) in [6, 6.07) is 0.897. The minimum atomic E-state index is 0.897. The number of hydrogen-bond acceptors (Lipinski definition) is 2. The van der Waals surface area contributed by atoms with E-state index in [0.29, 0.717) is 0 Å². The van der Waals surface area contributed by atoms with E-state index < -0.39 is 0 Å². The molecule has 0 atom stereocenters. The van der Waals surface area contributed by atoms with E-state index in [-0.39, 0.29) is 0 Å². The summed E-state index contributed by atoms with van der Waals surface area (Å²) in [5.74, 6) is 7.12. The maximum absolute atomic E-state index is 3.44. The average Bonchev–Trinajstić information content (AvgIpc) is 3.13. The molecule has 1 saturated carbocycles. The zero-order chi connectivity index (χ0) is 11.2. The van der Waals surface area contributed by atoms with Crippen LogP contribution in [-0.2, 0) is 0 Å². The van der Waals surface area contributed by atoms with E-state index in [1.165, 1.54) is 51.9 Å². The Bertz CT molecular complexity index is 254. The summed E-state index contributed by atoms with van der Waals surface area (Å²) in [5.41, 5.74) is 0. The Morgan fingerprint density at radius 1 is 1.19 bits per heavy atom. The van der Waals surface area contributed by atoms with Gasteiger partial charge < -0.3 is 5.32 Å². The van der Waals surface area contributed by atoms with Crippen molar-refractivity contribution in [3.8, 4) is 11.8 Å². The lowest BCUT2D eigenvalue weighted by Crippen LogP contribution is -2.37. The van der Waals surface area contributed by atoms with Crippen molar-refractivity contribution in [2.45, 2.75) is 45.1 Å². The smallest absolute Gasteiger partial charge is 0.0217 e. The van der Waals surface area contributed by atoms with Gasteiger partial charge in [-0.05, 0) is 51.6 Å². The summed E-state index contributed by atoms with van der Waals surface area (Å²) in [5, 5.41) is 3.44. The minimum absolute atomic E-state index is 0.897. The van der Waals surface area contributed by atoms with E-state index in [1.807, 2.05) is 6.92 Å². The summed E-state index contributed by atoms with van der Waals surface area (Å²) in [4.78, 5) is 2.69. The Morgan fingerprint density at radius 3 is 2.56 bits per heavy atom. The van der Waals surface area contributed by atoms with Gasteiger partial charge in [-0.1, -0.05) is 0 Å². The minimum Gasteiger partial charge on any atom is -0.317 e. The van der Waals surface area contributed by atoms with Gasteiger partial charge in [0.15, 0.2) is 0 Å². The van der Waals surface area contributed by atoms with Crippen LogP contribution in [0.2, 0.25) is 0 Å². The van der Waals surface area contributed by atoms with Crippen LogP contribution in [0.5, 0.6) is 0 Å². The Morgan fingerprint density at radius 2 is 1.94 bits per heavy atom. The van der Waals surface area contributed by atoms with Gasteiger partial charge in [-0.2, -0.15) is 0 Å². The molecule has 0 spiro atoms. The van der Waals surface area contributed by atoms with Crippen LogP contribution in [0.1, 0.15) is 39.0 Å². The van der Waals surface area contributed by atoms with Crippen molar-refractivity contribution in [2.75, 3.05) is 26.2 Å². The van der Waals surface area contributed by atoms with E-state index in [9.17, 15) is 0 Å². The molecule has 1 aliphatic heterocycles. The Balaban J connectivity index is 1.74. The highest BCUT2D eigenvalue weighted by Gasteiger charge is 2.30. The van der Waals surface area contributed by atoms with E-state index in [1.54, 1.807) is 0 Å². The number of rotatable bonds is 5. The molecule has 0 unspecified atom stereocenters. The monoisotopic (exact) mass is 220 g/mol. The first-order valence-electron chi connectivity index (χ1n) is 6.74. The first-order chi connectivity index (χ1) is 7.90. The molecule has 1 heterocycles. The molecule has 0 bridgehead atoms. The van der Waals surface area contributed by atoms with Crippen molar-refractivity contribution in [1.82, 2.24) is 10.2 Å². The van der Waals surface area contributed by atoms with Crippen molar-refractivity contribution in [2.24, 2.45) is 5.92 Å². The fraction of sp³-hybridized carbons (Fsp3) is 0.857. The first kappa shape index (κ1) is 12.0. The van der Waals surface area contributed by atoms with E-state index in [4.69, 9.17) is 0 Å². The van der Waals surface area contributed by atoms with E-state index in [0.717, 1.165) is 18.4 Å². The third-order valence-corrected chi connectivity index (χ3v) is 3.72. The van der Waals surface area contributed by atoms with Gasteiger partial charge in [0.05, 0.1) is 0 Å². The van der Waals surface area contributed by atoms with E-state index in [2.05, 4.69) is 22.1 Å². The molecule has 1 N–H and O–H groups in total. The maximum Gasteiger partial charge on any atom is 0.0217 e. The van der Waals surface area contributed by atoms with Gasteiger partial charge >= 0.3 is 0 Å². The van der Waals surface area contributed by atoms with Crippen LogP contribution in [0.25, 0.3) is 0 Å². The number of piperidine rings is 1. The molecule has 2 nitrogen and oxygen atoms in total. The van der Waals surface area contributed by atoms with Gasteiger partial charge in [0.2, 0.25) is 0 Å². The first-order valence-corrected chi connectivity index (χ1v) is 6.74. The van der Waals surface area contributed by atoms with Crippen LogP contribution >= 0.6 is 0 Å². The maximum atomic E-state index is 3.44. The second-order valence-corrected chi connectivity index (χ2v) is 5.10. The lowest BCUT2D eigenvalue weighted by molar-refractivity contribution is 0.201. The lowest BCUT2D eigenvalue weighted by atomic mass is 9.97. The number of hydrogen-bond donors (Lipinski definition) is 1. The number of nitrogens with one attached hydrogen (secondary N) is 1. The largest absolute Gasteiger partial charge is 0.317 e. The second-order valence-electron chi connectivity index (χ2n) is 5.10. The summed E-state index contributed by atoms with van der Waals surface area (Å²) in [6.07, 6.45) is 6.62. The molecular formula is C14H24N2. The van der Waals surface area contributed by atoms with Gasteiger partial charge in [-0.15, -0.1) is 11.8 Å². The van der Waals surface area contributed by atoms with Crippen LogP contribution in [0.4, 0.5) is 0 Å². The lowest BCUT2D eigenvalue weighted by Gasteiger charge is -2.29. The quantitative estimate of drug-likeness (QED) is 0.712. The third-order valence-electron chi connectivity index (χ3n) is 3.72. The molecule has 1 saturated heterocycles. The van der Waals surface area contributed by atoms with Crippen LogP contribution in [0.3, 0.4) is 0 Å². The van der Waals surface area contributed by atoms with Crippen LogP contribution in [-0.4, -0.2) is 37.1 Å². The highest BCUT2D eigenvalue weighted by atomic mass is 15.2.